The second kappa shape index (κ2) is 6.02. The van der Waals surface area contributed by atoms with E-state index in [4.69, 9.17) is 4.42 Å². The Bertz CT molecular complexity index is 796. The molecule has 23 heavy (non-hydrogen) atoms. The smallest absolute Gasteiger partial charge is 0.197 e. The molecule has 122 valence electrons. The molecule has 0 saturated heterocycles. The summed E-state index contributed by atoms with van der Waals surface area (Å²) in [4.78, 5) is 9.01. The first-order valence-electron chi connectivity index (χ1n) is 7.95. The van der Waals surface area contributed by atoms with Crippen LogP contribution in [-0.2, 0) is 6.54 Å². The van der Waals surface area contributed by atoms with Crippen molar-refractivity contribution < 1.29 is 4.42 Å². The van der Waals surface area contributed by atoms with Gasteiger partial charge in [0.05, 0.1) is 18.3 Å². The van der Waals surface area contributed by atoms with Crippen LogP contribution in [0.5, 0.6) is 0 Å². The highest BCUT2D eigenvalue weighted by Gasteiger charge is 2.17. The minimum Gasteiger partial charge on any atom is -0.448 e. The van der Waals surface area contributed by atoms with Crippen LogP contribution in [0, 0.1) is 13.8 Å². The molecule has 0 bridgehead atoms. The average Bonchev–Trinajstić information content (AvgIpc) is 3.18. The largest absolute Gasteiger partial charge is 0.448 e. The zero-order valence-corrected chi connectivity index (χ0v) is 14.3. The Kier molecular flexibility index (Phi) is 4.07. The third-order valence-corrected chi connectivity index (χ3v) is 3.93. The Labute approximate surface area is 136 Å². The molecule has 3 rings (SSSR count). The molecule has 0 saturated carbocycles. The number of hydrogen-bond acceptors (Lipinski definition) is 4. The van der Waals surface area contributed by atoms with E-state index in [2.05, 4.69) is 53.4 Å². The van der Waals surface area contributed by atoms with Crippen LogP contribution < -0.4 is 0 Å². The molecule has 6 nitrogen and oxygen atoms in total. The van der Waals surface area contributed by atoms with Gasteiger partial charge in [-0.05, 0) is 26.8 Å². The Morgan fingerprint density at radius 2 is 2.00 bits per heavy atom. The normalized spacial score (nSPS) is 13.0. The van der Waals surface area contributed by atoms with Crippen molar-refractivity contribution in [2.45, 2.75) is 53.1 Å². The van der Waals surface area contributed by atoms with Crippen molar-refractivity contribution >= 4 is 0 Å². The predicted octanol–water partition coefficient (Wildman–Crippen LogP) is 3.74. The van der Waals surface area contributed by atoms with E-state index in [1.165, 1.54) is 5.69 Å². The van der Waals surface area contributed by atoms with Crippen LogP contribution in [0.3, 0.4) is 0 Å². The van der Waals surface area contributed by atoms with Crippen LogP contribution in [0.2, 0.25) is 0 Å². The van der Waals surface area contributed by atoms with Gasteiger partial charge in [-0.1, -0.05) is 13.8 Å². The lowest BCUT2D eigenvalue weighted by Gasteiger charge is -2.16. The van der Waals surface area contributed by atoms with Gasteiger partial charge in [0, 0.05) is 24.0 Å². The van der Waals surface area contributed by atoms with Crippen molar-refractivity contribution in [3.63, 3.8) is 0 Å². The highest BCUT2D eigenvalue weighted by atomic mass is 16.3. The third kappa shape index (κ3) is 3.06. The fraction of sp³-hybridized carbons (Fsp3) is 0.471. The van der Waals surface area contributed by atoms with Gasteiger partial charge in [-0.3, -0.25) is 4.68 Å². The van der Waals surface area contributed by atoms with Gasteiger partial charge in [0.1, 0.15) is 12.0 Å². The van der Waals surface area contributed by atoms with Gasteiger partial charge in [0.15, 0.2) is 11.7 Å². The molecule has 0 aliphatic carbocycles. The number of hydrogen-bond donors (Lipinski definition) is 0. The molecule has 0 aliphatic rings. The van der Waals surface area contributed by atoms with E-state index in [0.717, 1.165) is 29.6 Å². The van der Waals surface area contributed by atoms with Gasteiger partial charge in [-0.25, -0.2) is 9.97 Å². The molecule has 0 radical (unpaired) electrons. The lowest BCUT2D eigenvalue weighted by molar-refractivity contribution is 0.433. The number of rotatable bonds is 5. The Hall–Kier alpha value is -2.37. The lowest BCUT2D eigenvalue weighted by Crippen LogP contribution is -2.15. The zero-order chi connectivity index (χ0) is 16.6. The molecule has 6 heteroatoms. The fourth-order valence-corrected chi connectivity index (χ4v) is 2.72. The molecule has 0 amide bonds. The summed E-state index contributed by atoms with van der Waals surface area (Å²) < 4.78 is 9.70. The highest BCUT2D eigenvalue weighted by Crippen LogP contribution is 2.24. The molecular formula is C17H23N5O. The SMILES string of the molecule is Cc1cc(C)n(CC(C)n2ccnc2-c2coc(C(C)C)n2)n1. The number of oxazole rings is 1. The minimum atomic E-state index is 0.213. The summed E-state index contributed by atoms with van der Waals surface area (Å²) in [5, 5.41) is 4.54. The second-order valence-corrected chi connectivity index (χ2v) is 6.34. The van der Waals surface area contributed by atoms with Gasteiger partial charge in [-0.15, -0.1) is 0 Å². The average molecular weight is 313 g/mol. The Morgan fingerprint density at radius 1 is 1.22 bits per heavy atom. The quantitative estimate of drug-likeness (QED) is 0.720. The highest BCUT2D eigenvalue weighted by molar-refractivity contribution is 5.48. The molecule has 3 heterocycles. The minimum absolute atomic E-state index is 0.213. The van der Waals surface area contributed by atoms with Gasteiger partial charge in [-0.2, -0.15) is 5.10 Å². The molecular weight excluding hydrogens is 290 g/mol. The van der Waals surface area contributed by atoms with Crippen molar-refractivity contribution in [3.8, 4) is 11.5 Å². The van der Waals surface area contributed by atoms with E-state index in [0.29, 0.717) is 0 Å². The maximum absolute atomic E-state index is 5.54. The summed E-state index contributed by atoms with van der Waals surface area (Å²) in [6.45, 7) is 11.2. The van der Waals surface area contributed by atoms with Crippen molar-refractivity contribution in [3.05, 3.63) is 42.0 Å². The van der Waals surface area contributed by atoms with E-state index in [1.807, 2.05) is 17.8 Å². The topological polar surface area (TPSA) is 61.7 Å². The molecule has 0 spiro atoms. The van der Waals surface area contributed by atoms with E-state index >= 15 is 0 Å². The molecule has 0 aromatic carbocycles. The van der Waals surface area contributed by atoms with Crippen molar-refractivity contribution in [1.82, 2.24) is 24.3 Å². The van der Waals surface area contributed by atoms with Gasteiger partial charge < -0.3 is 8.98 Å². The van der Waals surface area contributed by atoms with Crippen LogP contribution >= 0.6 is 0 Å². The maximum Gasteiger partial charge on any atom is 0.197 e. The molecule has 1 unspecified atom stereocenters. The van der Waals surface area contributed by atoms with Crippen LogP contribution in [0.4, 0.5) is 0 Å². The molecule has 3 aromatic rings. The van der Waals surface area contributed by atoms with Crippen molar-refractivity contribution in [2.24, 2.45) is 0 Å². The first-order valence-corrected chi connectivity index (χ1v) is 7.95. The lowest BCUT2D eigenvalue weighted by atomic mass is 10.2. The van der Waals surface area contributed by atoms with Gasteiger partial charge in [0.25, 0.3) is 0 Å². The van der Waals surface area contributed by atoms with Crippen LogP contribution in [-0.4, -0.2) is 24.3 Å². The first-order chi connectivity index (χ1) is 11.0. The predicted molar refractivity (Wildman–Crippen MR) is 88.2 cm³/mol. The Balaban J connectivity index is 1.86. The van der Waals surface area contributed by atoms with E-state index in [9.17, 15) is 0 Å². The number of aromatic nitrogens is 5. The number of imidazole rings is 1. The number of nitrogens with zero attached hydrogens (tertiary/aromatic N) is 5. The first kappa shape index (κ1) is 15.5. The van der Waals surface area contributed by atoms with Crippen LogP contribution in [0.25, 0.3) is 11.5 Å². The summed E-state index contributed by atoms with van der Waals surface area (Å²) >= 11 is 0. The Morgan fingerprint density at radius 3 is 2.61 bits per heavy atom. The van der Waals surface area contributed by atoms with Crippen LogP contribution in [0.15, 0.2) is 29.1 Å². The van der Waals surface area contributed by atoms with Crippen molar-refractivity contribution in [1.29, 1.82) is 0 Å². The van der Waals surface area contributed by atoms with Gasteiger partial charge >= 0.3 is 0 Å². The standard InChI is InChI=1S/C17H23N5O/c1-11(2)17-19-15(10-23-17)16-18-6-7-21(16)14(5)9-22-13(4)8-12(3)20-22/h6-8,10-11,14H,9H2,1-5H3. The molecule has 3 aromatic heterocycles. The van der Waals surface area contributed by atoms with E-state index in [1.54, 1.807) is 12.5 Å². The summed E-state index contributed by atoms with van der Waals surface area (Å²) in [7, 11) is 0. The van der Waals surface area contributed by atoms with Crippen LogP contribution in [0.1, 0.15) is 50.0 Å². The van der Waals surface area contributed by atoms with E-state index < -0.39 is 0 Å². The molecule has 0 fully saturated rings. The summed E-state index contributed by atoms with van der Waals surface area (Å²) in [5.41, 5.74) is 2.98. The van der Waals surface area contributed by atoms with E-state index in [-0.39, 0.29) is 12.0 Å². The molecule has 0 N–H and O–H groups in total. The monoisotopic (exact) mass is 313 g/mol. The summed E-state index contributed by atoms with van der Waals surface area (Å²) in [6.07, 6.45) is 5.47. The maximum atomic E-state index is 5.54. The van der Waals surface area contributed by atoms with Crippen molar-refractivity contribution in [2.75, 3.05) is 0 Å². The number of aryl methyl sites for hydroxylation is 2. The summed E-state index contributed by atoms with van der Waals surface area (Å²) in [5.74, 6) is 1.83. The summed E-state index contributed by atoms with van der Waals surface area (Å²) in [6, 6.07) is 2.30. The molecule has 0 aliphatic heterocycles. The zero-order valence-electron chi connectivity index (χ0n) is 14.3. The third-order valence-electron chi connectivity index (χ3n) is 3.93. The second-order valence-electron chi connectivity index (χ2n) is 6.34. The fourth-order valence-electron chi connectivity index (χ4n) is 2.72. The molecule has 1 atom stereocenters. The van der Waals surface area contributed by atoms with Gasteiger partial charge in [0.2, 0.25) is 0 Å².